The zero-order chi connectivity index (χ0) is 17.8. The number of carbonyl (C=O) groups is 2. The lowest BCUT2D eigenvalue weighted by atomic mass is 9.86. The smallest absolute Gasteiger partial charge is 0.234 e. The fourth-order valence-electron chi connectivity index (χ4n) is 3.73. The highest BCUT2D eigenvalue weighted by molar-refractivity contribution is 6.03. The number of hydrogen-bond acceptors (Lipinski definition) is 5. The van der Waals surface area contributed by atoms with Gasteiger partial charge in [0.2, 0.25) is 11.8 Å². The van der Waals surface area contributed by atoms with Crippen LogP contribution in [0.25, 0.3) is 0 Å². The lowest BCUT2D eigenvalue weighted by Gasteiger charge is -2.35. The number of rotatable bonds is 6. The van der Waals surface area contributed by atoms with Crippen molar-refractivity contribution in [1.29, 1.82) is 0 Å². The number of aliphatic hydroxyl groups is 1. The van der Waals surface area contributed by atoms with E-state index >= 15 is 0 Å². The van der Waals surface area contributed by atoms with Crippen molar-refractivity contribution in [2.75, 3.05) is 46.0 Å². The Morgan fingerprint density at radius 1 is 1.08 bits per heavy atom. The SMILES string of the molecule is CC(c1ccccc1)C1CC(=O)N(CN2CCN(CCO)CC2)C1=O.Cl. The maximum atomic E-state index is 12.8. The molecule has 7 heteroatoms. The van der Waals surface area contributed by atoms with Crippen LogP contribution in [0, 0.1) is 5.92 Å². The number of nitrogens with zero attached hydrogens (tertiary/aromatic N) is 3. The Labute approximate surface area is 161 Å². The molecule has 1 N–H and O–H groups in total. The Kier molecular flexibility index (Phi) is 7.58. The van der Waals surface area contributed by atoms with Crippen molar-refractivity contribution in [3.05, 3.63) is 35.9 Å². The van der Waals surface area contributed by atoms with Crippen LogP contribution in [-0.2, 0) is 9.59 Å². The Hall–Kier alpha value is -1.47. The van der Waals surface area contributed by atoms with Gasteiger partial charge in [-0.05, 0) is 11.5 Å². The molecule has 1 aromatic carbocycles. The van der Waals surface area contributed by atoms with E-state index in [0.29, 0.717) is 19.6 Å². The molecular weight excluding hydrogens is 354 g/mol. The molecule has 0 radical (unpaired) electrons. The summed E-state index contributed by atoms with van der Waals surface area (Å²) in [5.74, 6) is -0.315. The summed E-state index contributed by atoms with van der Waals surface area (Å²) in [5.41, 5.74) is 1.10. The van der Waals surface area contributed by atoms with E-state index in [2.05, 4.69) is 9.80 Å². The second-order valence-electron chi connectivity index (χ2n) is 6.99. The molecule has 2 heterocycles. The van der Waals surface area contributed by atoms with E-state index in [-0.39, 0.29) is 42.7 Å². The number of benzene rings is 1. The molecule has 2 atom stereocenters. The summed E-state index contributed by atoms with van der Waals surface area (Å²) in [6.07, 6.45) is 0.305. The minimum Gasteiger partial charge on any atom is -0.395 e. The number of likely N-dealkylation sites (tertiary alicyclic amines) is 1. The highest BCUT2D eigenvalue weighted by atomic mass is 35.5. The van der Waals surface area contributed by atoms with Crippen LogP contribution in [0.15, 0.2) is 30.3 Å². The van der Waals surface area contributed by atoms with Gasteiger partial charge in [-0.2, -0.15) is 0 Å². The molecule has 144 valence electrons. The van der Waals surface area contributed by atoms with Gasteiger partial charge in [0.25, 0.3) is 0 Å². The van der Waals surface area contributed by atoms with E-state index in [4.69, 9.17) is 5.11 Å². The van der Waals surface area contributed by atoms with Crippen molar-refractivity contribution in [1.82, 2.24) is 14.7 Å². The molecular formula is C19H28ClN3O3. The third-order valence-electron chi connectivity index (χ3n) is 5.43. The minimum atomic E-state index is -0.259. The second kappa shape index (κ2) is 9.46. The zero-order valence-corrected chi connectivity index (χ0v) is 16.0. The third kappa shape index (κ3) is 4.62. The lowest BCUT2D eigenvalue weighted by Crippen LogP contribution is -2.51. The number of amides is 2. The lowest BCUT2D eigenvalue weighted by molar-refractivity contribution is -0.142. The standard InChI is InChI=1S/C19H27N3O3.ClH/c1-15(16-5-3-2-4-6-16)17-13-18(24)22(19(17)25)14-21-9-7-20(8-10-21)11-12-23;/h2-6,15,17,23H,7-14H2,1H3;1H. The van der Waals surface area contributed by atoms with Crippen LogP contribution in [0.5, 0.6) is 0 Å². The van der Waals surface area contributed by atoms with E-state index in [0.717, 1.165) is 31.7 Å². The summed E-state index contributed by atoms with van der Waals surface area (Å²) in [6, 6.07) is 9.94. The summed E-state index contributed by atoms with van der Waals surface area (Å²) in [4.78, 5) is 31.0. The first-order valence-corrected chi connectivity index (χ1v) is 9.05. The van der Waals surface area contributed by atoms with E-state index in [1.807, 2.05) is 37.3 Å². The fourth-order valence-corrected chi connectivity index (χ4v) is 3.73. The average Bonchev–Trinajstić information content (AvgIpc) is 2.92. The van der Waals surface area contributed by atoms with Crippen LogP contribution in [0.4, 0.5) is 0 Å². The number of carbonyl (C=O) groups excluding carboxylic acids is 2. The minimum absolute atomic E-state index is 0. The number of piperazine rings is 1. The molecule has 0 aliphatic carbocycles. The molecule has 6 nitrogen and oxygen atoms in total. The van der Waals surface area contributed by atoms with Gasteiger partial charge in [0.15, 0.2) is 0 Å². The first-order valence-electron chi connectivity index (χ1n) is 9.05. The molecule has 2 aliphatic heterocycles. The Morgan fingerprint density at radius 3 is 2.31 bits per heavy atom. The van der Waals surface area contributed by atoms with Crippen molar-refractivity contribution in [3.63, 3.8) is 0 Å². The van der Waals surface area contributed by atoms with Crippen LogP contribution < -0.4 is 0 Å². The van der Waals surface area contributed by atoms with Crippen LogP contribution in [0.3, 0.4) is 0 Å². The molecule has 1 aromatic rings. The van der Waals surface area contributed by atoms with E-state index in [1.54, 1.807) is 0 Å². The van der Waals surface area contributed by atoms with Crippen LogP contribution in [0.2, 0.25) is 0 Å². The van der Waals surface area contributed by atoms with Gasteiger partial charge >= 0.3 is 0 Å². The Bertz CT molecular complexity index is 605. The normalized spacial score (nSPS) is 23.2. The van der Waals surface area contributed by atoms with Crippen LogP contribution in [-0.4, -0.2) is 77.6 Å². The van der Waals surface area contributed by atoms with E-state index in [1.165, 1.54) is 4.90 Å². The number of halogens is 1. The third-order valence-corrected chi connectivity index (χ3v) is 5.43. The fraction of sp³-hybridized carbons (Fsp3) is 0.579. The molecule has 2 amide bonds. The monoisotopic (exact) mass is 381 g/mol. The van der Waals surface area contributed by atoms with E-state index < -0.39 is 0 Å². The van der Waals surface area contributed by atoms with Crippen molar-refractivity contribution in [2.45, 2.75) is 19.3 Å². The highest BCUT2D eigenvalue weighted by Gasteiger charge is 2.42. The van der Waals surface area contributed by atoms with Crippen molar-refractivity contribution in [2.24, 2.45) is 5.92 Å². The predicted octanol–water partition coefficient (Wildman–Crippen LogP) is 1.15. The van der Waals surface area contributed by atoms with Gasteiger partial charge in [-0.3, -0.25) is 24.3 Å². The van der Waals surface area contributed by atoms with E-state index in [9.17, 15) is 9.59 Å². The van der Waals surface area contributed by atoms with Crippen molar-refractivity contribution >= 4 is 24.2 Å². The molecule has 3 rings (SSSR count). The maximum Gasteiger partial charge on any atom is 0.234 e. The molecule has 2 unspecified atom stereocenters. The quantitative estimate of drug-likeness (QED) is 0.749. The topological polar surface area (TPSA) is 64.1 Å². The maximum absolute atomic E-state index is 12.8. The molecule has 2 saturated heterocycles. The molecule has 0 saturated carbocycles. The van der Waals surface area contributed by atoms with Crippen molar-refractivity contribution < 1.29 is 14.7 Å². The Morgan fingerprint density at radius 2 is 1.69 bits per heavy atom. The number of aliphatic hydroxyl groups excluding tert-OH is 1. The van der Waals surface area contributed by atoms with Gasteiger partial charge in [0.05, 0.1) is 19.2 Å². The number of β-amino-alcohol motifs (C(OH)–C–C–N with tert-alkyl or cyclic N) is 1. The van der Waals surface area contributed by atoms with Crippen LogP contribution >= 0.6 is 12.4 Å². The molecule has 26 heavy (non-hydrogen) atoms. The average molecular weight is 382 g/mol. The summed E-state index contributed by atoms with van der Waals surface area (Å²) in [6.45, 7) is 6.63. The van der Waals surface area contributed by atoms with Gasteiger partial charge < -0.3 is 5.11 Å². The number of hydrogen-bond donors (Lipinski definition) is 1. The van der Waals surface area contributed by atoms with Crippen LogP contribution in [0.1, 0.15) is 24.8 Å². The highest BCUT2D eigenvalue weighted by Crippen LogP contribution is 2.33. The van der Waals surface area contributed by atoms with Gasteiger partial charge in [-0.1, -0.05) is 37.3 Å². The molecule has 0 aromatic heterocycles. The zero-order valence-electron chi connectivity index (χ0n) is 15.2. The summed E-state index contributed by atoms with van der Waals surface area (Å²) in [5, 5.41) is 9.01. The van der Waals surface area contributed by atoms with Gasteiger partial charge in [0.1, 0.15) is 0 Å². The summed E-state index contributed by atoms with van der Waals surface area (Å²) < 4.78 is 0. The first kappa shape index (κ1) is 20.8. The van der Waals surface area contributed by atoms with Gasteiger partial charge in [0, 0.05) is 39.1 Å². The summed E-state index contributed by atoms with van der Waals surface area (Å²) >= 11 is 0. The van der Waals surface area contributed by atoms with Gasteiger partial charge in [-0.25, -0.2) is 0 Å². The predicted molar refractivity (Wildman–Crippen MR) is 102 cm³/mol. The Balaban J connectivity index is 0.00000243. The molecule has 2 fully saturated rings. The molecule has 0 spiro atoms. The van der Waals surface area contributed by atoms with Gasteiger partial charge in [-0.15, -0.1) is 12.4 Å². The van der Waals surface area contributed by atoms with Crippen molar-refractivity contribution in [3.8, 4) is 0 Å². The number of imide groups is 1. The summed E-state index contributed by atoms with van der Waals surface area (Å²) in [7, 11) is 0. The molecule has 2 aliphatic rings. The molecule has 0 bridgehead atoms. The second-order valence-corrected chi connectivity index (χ2v) is 6.99. The largest absolute Gasteiger partial charge is 0.395 e. The first-order chi connectivity index (χ1) is 12.1.